The maximum atomic E-state index is 12.4. The van der Waals surface area contributed by atoms with Crippen molar-refractivity contribution in [3.05, 3.63) is 29.3 Å². The average molecular weight is 312 g/mol. The summed E-state index contributed by atoms with van der Waals surface area (Å²) in [5.74, 6) is 0.446. The van der Waals surface area contributed by atoms with Gasteiger partial charge in [0.1, 0.15) is 5.75 Å². The minimum atomic E-state index is -0.609. The van der Waals surface area contributed by atoms with Crippen LogP contribution in [0.1, 0.15) is 32.6 Å². The van der Waals surface area contributed by atoms with E-state index >= 15 is 0 Å². The van der Waals surface area contributed by atoms with E-state index in [1.54, 1.807) is 43.1 Å². The van der Waals surface area contributed by atoms with Crippen LogP contribution in [0.25, 0.3) is 0 Å². The molecule has 0 radical (unpaired) electrons. The number of amides is 1. The van der Waals surface area contributed by atoms with Gasteiger partial charge in [-0.15, -0.1) is 0 Å². The highest BCUT2D eigenvalue weighted by atomic mass is 35.5. The first-order valence-corrected chi connectivity index (χ1v) is 7.74. The van der Waals surface area contributed by atoms with Crippen LogP contribution < -0.4 is 4.74 Å². The summed E-state index contributed by atoms with van der Waals surface area (Å²) in [6.45, 7) is 1.72. The number of benzene rings is 1. The summed E-state index contributed by atoms with van der Waals surface area (Å²) in [6.07, 6.45) is 2.62. The average Bonchev–Trinajstić information content (AvgIpc) is 2.46. The molecule has 0 heterocycles. The summed E-state index contributed by atoms with van der Waals surface area (Å²) in [7, 11) is 1.74. The van der Waals surface area contributed by atoms with Crippen molar-refractivity contribution < 1.29 is 14.6 Å². The Kier molecular flexibility index (Phi) is 5.48. The number of halogens is 1. The molecule has 1 fully saturated rings. The van der Waals surface area contributed by atoms with Crippen molar-refractivity contribution in [2.75, 3.05) is 7.05 Å². The third-order valence-corrected chi connectivity index (χ3v) is 4.23. The summed E-state index contributed by atoms with van der Waals surface area (Å²) < 4.78 is 5.65. The molecule has 4 nitrogen and oxygen atoms in total. The number of ether oxygens (including phenoxy) is 1. The molecule has 21 heavy (non-hydrogen) atoms. The van der Waals surface area contributed by atoms with Gasteiger partial charge in [0.25, 0.3) is 5.91 Å². The lowest BCUT2D eigenvalue weighted by molar-refractivity contribution is -0.142. The molecule has 2 rings (SSSR count). The Balaban J connectivity index is 1.98. The van der Waals surface area contributed by atoms with Crippen LogP contribution in [0.5, 0.6) is 5.75 Å². The Morgan fingerprint density at radius 3 is 2.81 bits per heavy atom. The molecule has 5 heteroatoms. The van der Waals surface area contributed by atoms with Crippen molar-refractivity contribution in [1.29, 1.82) is 0 Å². The van der Waals surface area contributed by atoms with Crippen LogP contribution in [0.15, 0.2) is 24.3 Å². The molecular formula is C16H22ClNO3. The first kappa shape index (κ1) is 16.1. The highest BCUT2D eigenvalue weighted by Gasteiger charge is 2.31. The van der Waals surface area contributed by atoms with Crippen LogP contribution in [0.2, 0.25) is 5.02 Å². The first-order valence-electron chi connectivity index (χ1n) is 7.36. The second kappa shape index (κ2) is 7.14. The summed E-state index contributed by atoms with van der Waals surface area (Å²) in [5.41, 5.74) is 0. The monoisotopic (exact) mass is 311 g/mol. The van der Waals surface area contributed by atoms with Crippen molar-refractivity contribution in [3.63, 3.8) is 0 Å². The molecule has 0 bridgehead atoms. The van der Waals surface area contributed by atoms with Crippen LogP contribution in [0.4, 0.5) is 0 Å². The summed E-state index contributed by atoms with van der Waals surface area (Å²) in [6, 6.07) is 6.87. The molecular weight excluding hydrogens is 290 g/mol. The van der Waals surface area contributed by atoms with Gasteiger partial charge in [0, 0.05) is 12.1 Å². The van der Waals surface area contributed by atoms with E-state index in [0.29, 0.717) is 10.8 Å². The topological polar surface area (TPSA) is 49.8 Å². The number of aliphatic hydroxyl groups excluding tert-OH is 1. The number of carbonyl (C=O) groups is 1. The van der Waals surface area contributed by atoms with Gasteiger partial charge in [-0.1, -0.05) is 30.5 Å². The van der Waals surface area contributed by atoms with Crippen molar-refractivity contribution in [2.45, 2.75) is 50.9 Å². The number of hydrogen-bond donors (Lipinski definition) is 1. The molecule has 0 aliphatic heterocycles. The summed E-state index contributed by atoms with van der Waals surface area (Å²) in [5, 5.41) is 10.6. The lowest BCUT2D eigenvalue weighted by Gasteiger charge is -2.36. The van der Waals surface area contributed by atoms with Gasteiger partial charge < -0.3 is 14.7 Å². The van der Waals surface area contributed by atoms with Crippen LogP contribution in [-0.2, 0) is 4.79 Å². The second-order valence-electron chi connectivity index (χ2n) is 5.59. The van der Waals surface area contributed by atoms with Gasteiger partial charge in [-0.25, -0.2) is 0 Å². The van der Waals surface area contributed by atoms with Gasteiger partial charge in [-0.2, -0.15) is 0 Å². The van der Waals surface area contributed by atoms with E-state index in [2.05, 4.69) is 0 Å². The maximum absolute atomic E-state index is 12.4. The molecule has 116 valence electrons. The van der Waals surface area contributed by atoms with E-state index in [-0.39, 0.29) is 11.9 Å². The Morgan fingerprint density at radius 1 is 1.43 bits per heavy atom. The molecule has 1 N–H and O–H groups in total. The maximum Gasteiger partial charge on any atom is 0.263 e. The lowest BCUT2D eigenvalue weighted by atomic mass is 9.91. The molecule has 1 aromatic carbocycles. The smallest absolute Gasteiger partial charge is 0.263 e. The van der Waals surface area contributed by atoms with E-state index in [0.717, 1.165) is 25.7 Å². The van der Waals surface area contributed by atoms with Crippen molar-refractivity contribution >= 4 is 17.5 Å². The van der Waals surface area contributed by atoms with E-state index in [4.69, 9.17) is 16.3 Å². The number of hydrogen-bond acceptors (Lipinski definition) is 3. The van der Waals surface area contributed by atoms with Gasteiger partial charge in [0.2, 0.25) is 0 Å². The normalized spacial score (nSPS) is 23.4. The van der Waals surface area contributed by atoms with Gasteiger partial charge in [0.15, 0.2) is 6.10 Å². The molecule has 0 aromatic heterocycles. The van der Waals surface area contributed by atoms with Gasteiger partial charge in [-0.05, 0) is 38.0 Å². The molecule has 1 saturated carbocycles. The third kappa shape index (κ3) is 4.11. The van der Waals surface area contributed by atoms with Crippen molar-refractivity contribution in [2.24, 2.45) is 0 Å². The highest BCUT2D eigenvalue weighted by molar-refractivity contribution is 6.30. The Labute approximate surface area is 130 Å². The summed E-state index contributed by atoms with van der Waals surface area (Å²) in [4.78, 5) is 14.1. The number of nitrogens with zero attached hydrogens (tertiary/aromatic N) is 1. The molecule has 0 spiro atoms. The predicted octanol–water partition coefficient (Wildman–Crippen LogP) is 2.87. The molecule has 1 amide bonds. The quantitative estimate of drug-likeness (QED) is 0.930. The molecule has 1 aromatic rings. The van der Waals surface area contributed by atoms with Gasteiger partial charge in [0.05, 0.1) is 12.1 Å². The van der Waals surface area contributed by atoms with Crippen LogP contribution in [0.3, 0.4) is 0 Å². The Morgan fingerprint density at radius 2 is 2.14 bits per heavy atom. The standard InChI is InChI=1S/C16H22ClNO3/c1-11(21-13-7-5-6-12(17)10-13)16(20)18(2)14-8-3-4-9-15(14)19/h5-7,10-11,14-15,19H,3-4,8-9H2,1-2H3/t11-,14-,15+/m0/s1. The van der Waals surface area contributed by atoms with E-state index in [1.165, 1.54) is 0 Å². The zero-order chi connectivity index (χ0) is 15.4. The first-order chi connectivity index (χ1) is 9.99. The molecule has 1 aliphatic rings. The van der Waals surface area contributed by atoms with Crippen molar-refractivity contribution in [3.8, 4) is 5.75 Å². The lowest BCUT2D eigenvalue weighted by Crippen LogP contribution is -2.50. The molecule has 1 aliphatic carbocycles. The van der Waals surface area contributed by atoms with Gasteiger partial charge >= 0.3 is 0 Å². The number of carbonyl (C=O) groups excluding carboxylic acids is 1. The van der Waals surface area contributed by atoms with Crippen LogP contribution in [0, 0.1) is 0 Å². The largest absolute Gasteiger partial charge is 0.481 e. The molecule has 0 unspecified atom stereocenters. The fraction of sp³-hybridized carbons (Fsp3) is 0.562. The predicted molar refractivity (Wildman–Crippen MR) is 82.6 cm³/mol. The number of likely N-dealkylation sites (N-methyl/N-ethyl adjacent to an activating group) is 1. The van der Waals surface area contributed by atoms with Crippen molar-refractivity contribution in [1.82, 2.24) is 4.90 Å². The van der Waals surface area contributed by atoms with E-state index in [9.17, 15) is 9.90 Å². The number of rotatable bonds is 4. The Bertz CT molecular complexity index is 494. The van der Waals surface area contributed by atoms with E-state index in [1.807, 2.05) is 0 Å². The fourth-order valence-corrected chi connectivity index (χ4v) is 2.97. The minimum absolute atomic E-state index is 0.114. The summed E-state index contributed by atoms with van der Waals surface area (Å²) >= 11 is 5.90. The molecule has 0 saturated heterocycles. The van der Waals surface area contributed by atoms with Crippen LogP contribution >= 0.6 is 11.6 Å². The number of aliphatic hydroxyl groups is 1. The minimum Gasteiger partial charge on any atom is -0.481 e. The molecule has 3 atom stereocenters. The zero-order valence-corrected chi connectivity index (χ0v) is 13.2. The van der Waals surface area contributed by atoms with Crippen LogP contribution in [-0.4, -0.2) is 41.2 Å². The Hall–Kier alpha value is -1.26. The third-order valence-electron chi connectivity index (χ3n) is 4.00. The SMILES string of the molecule is C[C@H](Oc1cccc(Cl)c1)C(=O)N(C)[C@H]1CCCC[C@H]1O. The highest BCUT2D eigenvalue weighted by Crippen LogP contribution is 2.24. The zero-order valence-electron chi connectivity index (χ0n) is 12.5. The van der Waals surface area contributed by atoms with Gasteiger partial charge in [-0.3, -0.25) is 4.79 Å². The fourth-order valence-electron chi connectivity index (χ4n) is 2.79. The second-order valence-corrected chi connectivity index (χ2v) is 6.02. The van der Waals surface area contributed by atoms with E-state index < -0.39 is 12.2 Å².